The molecule has 0 N–H and O–H groups in total. The average molecular weight is 349 g/mol. The number of hydrogen-bond acceptors (Lipinski definition) is 4. The van der Waals surface area contributed by atoms with Gasteiger partial charge in [-0.05, 0) is 51.3 Å². The molecule has 0 aliphatic carbocycles. The SMILES string of the molecule is Cc1cc(C)n(C[C@@H]2CCCCN2C(=O)c2cnc3ccccc3n2)n1. The molecule has 3 heterocycles. The van der Waals surface area contributed by atoms with Crippen LogP contribution in [0.25, 0.3) is 11.0 Å². The van der Waals surface area contributed by atoms with Gasteiger partial charge in [-0.2, -0.15) is 5.10 Å². The predicted octanol–water partition coefficient (Wildman–Crippen LogP) is 3.14. The zero-order valence-electron chi connectivity index (χ0n) is 15.2. The van der Waals surface area contributed by atoms with Crippen molar-refractivity contribution in [2.75, 3.05) is 6.54 Å². The van der Waals surface area contributed by atoms with Crippen molar-refractivity contribution in [2.45, 2.75) is 45.7 Å². The number of hydrogen-bond donors (Lipinski definition) is 0. The van der Waals surface area contributed by atoms with E-state index >= 15 is 0 Å². The van der Waals surface area contributed by atoms with Gasteiger partial charge in [0.15, 0.2) is 0 Å². The zero-order chi connectivity index (χ0) is 18.1. The van der Waals surface area contributed by atoms with E-state index in [-0.39, 0.29) is 11.9 Å². The van der Waals surface area contributed by atoms with Crippen molar-refractivity contribution in [3.8, 4) is 0 Å². The molecule has 26 heavy (non-hydrogen) atoms. The molecule has 1 aliphatic heterocycles. The number of aryl methyl sites for hydroxylation is 2. The van der Waals surface area contributed by atoms with Crippen LogP contribution in [0, 0.1) is 13.8 Å². The number of likely N-dealkylation sites (tertiary alicyclic amines) is 1. The molecule has 134 valence electrons. The molecule has 2 aromatic heterocycles. The van der Waals surface area contributed by atoms with Crippen molar-refractivity contribution in [3.63, 3.8) is 0 Å². The first-order chi connectivity index (χ1) is 12.6. The normalized spacial score (nSPS) is 17.6. The Balaban J connectivity index is 1.60. The number of benzene rings is 1. The number of fused-ring (bicyclic) bond motifs is 1. The molecule has 1 aromatic carbocycles. The molecule has 0 saturated carbocycles. The first-order valence-corrected chi connectivity index (χ1v) is 9.15. The second-order valence-electron chi connectivity index (χ2n) is 7.00. The molecule has 0 unspecified atom stereocenters. The van der Waals surface area contributed by atoms with Crippen molar-refractivity contribution in [1.82, 2.24) is 24.6 Å². The number of carbonyl (C=O) groups excluding carboxylic acids is 1. The van der Waals surface area contributed by atoms with Crippen LogP contribution in [0.4, 0.5) is 0 Å². The van der Waals surface area contributed by atoms with Crippen LogP contribution in [0.5, 0.6) is 0 Å². The third kappa shape index (κ3) is 3.19. The summed E-state index contributed by atoms with van der Waals surface area (Å²) in [5, 5.41) is 4.56. The van der Waals surface area contributed by atoms with Gasteiger partial charge in [0.2, 0.25) is 0 Å². The summed E-state index contributed by atoms with van der Waals surface area (Å²) in [6, 6.07) is 9.85. The van der Waals surface area contributed by atoms with Gasteiger partial charge >= 0.3 is 0 Å². The van der Waals surface area contributed by atoms with Crippen molar-refractivity contribution in [3.05, 3.63) is 53.6 Å². The van der Waals surface area contributed by atoms with Gasteiger partial charge in [-0.3, -0.25) is 14.5 Å². The van der Waals surface area contributed by atoms with Gasteiger partial charge in [-0.15, -0.1) is 0 Å². The lowest BCUT2D eigenvalue weighted by atomic mass is 10.0. The molecular weight excluding hydrogens is 326 g/mol. The zero-order valence-corrected chi connectivity index (χ0v) is 15.2. The van der Waals surface area contributed by atoms with Crippen LogP contribution in [0.2, 0.25) is 0 Å². The van der Waals surface area contributed by atoms with E-state index in [1.165, 1.54) is 0 Å². The second-order valence-corrected chi connectivity index (χ2v) is 7.00. The summed E-state index contributed by atoms with van der Waals surface area (Å²) in [5.41, 5.74) is 4.12. The van der Waals surface area contributed by atoms with Crippen LogP contribution in [0.15, 0.2) is 36.5 Å². The Morgan fingerprint density at radius 1 is 1.19 bits per heavy atom. The van der Waals surface area contributed by atoms with Gasteiger partial charge in [0.05, 0.1) is 35.5 Å². The highest BCUT2D eigenvalue weighted by molar-refractivity contribution is 5.94. The van der Waals surface area contributed by atoms with E-state index in [1.54, 1.807) is 6.20 Å². The topological polar surface area (TPSA) is 63.9 Å². The van der Waals surface area contributed by atoms with Crippen LogP contribution in [-0.4, -0.2) is 43.1 Å². The fraction of sp³-hybridized carbons (Fsp3) is 0.400. The summed E-state index contributed by atoms with van der Waals surface area (Å²) in [7, 11) is 0. The molecule has 1 saturated heterocycles. The molecule has 0 radical (unpaired) electrons. The first kappa shape index (κ1) is 16.7. The number of amides is 1. The summed E-state index contributed by atoms with van der Waals surface area (Å²) >= 11 is 0. The third-order valence-corrected chi connectivity index (χ3v) is 5.04. The summed E-state index contributed by atoms with van der Waals surface area (Å²) < 4.78 is 2.01. The van der Waals surface area contributed by atoms with Crippen LogP contribution < -0.4 is 0 Å². The Morgan fingerprint density at radius 3 is 2.77 bits per heavy atom. The highest BCUT2D eigenvalue weighted by Crippen LogP contribution is 2.22. The van der Waals surface area contributed by atoms with Crippen LogP contribution in [-0.2, 0) is 6.54 Å². The van der Waals surface area contributed by atoms with Crippen molar-refractivity contribution < 1.29 is 4.79 Å². The fourth-order valence-electron chi connectivity index (χ4n) is 3.72. The average Bonchev–Trinajstić information content (AvgIpc) is 2.98. The molecule has 1 fully saturated rings. The number of carbonyl (C=O) groups is 1. The molecular formula is C20H23N5O. The van der Waals surface area contributed by atoms with Gasteiger partial charge in [0.1, 0.15) is 5.69 Å². The van der Waals surface area contributed by atoms with E-state index in [0.717, 1.165) is 54.8 Å². The molecule has 4 rings (SSSR count). The Labute approximate surface area is 152 Å². The van der Waals surface area contributed by atoms with Gasteiger partial charge in [-0.25, -0.2) is 4.98 Å². The first-order valence-electron chi connectivity index (χ1n) is 9.15. The van der Waals surface area contributed by atoms with Crippen LogP contribution >= 0.6 is 0 Å². The van der Waals surface area contributed by atoms with Gasteiger partial charge in [0, 0.05) is 12.2 Å². The lowest BCUT2D eigenvalue weighted by Crippen LogP contribution is -2.46. The van der Waals surface area contributed by atoms with E-state index in [0.29, 0.717) is 5.69 Å². The summed E-state index contributed by atoms with van der Waals surface area (Å²) in [6.07, 6.45) is 4.75. The highest BCUT2D eigenvalue weighted by atomic mass is 16.2. The number of nitrogens with zero attached hydrogens (tertiary/aromatic N) is 5. The van der Waals surface area contributed by atoms with E-state index in [9.17, 15) is 4.79 Å². The minimum absolute atomic E-state index is 0.0329. The number of aromatic nitrogens is 4. The highest BCUT2D eigenvalue weighted by Gasteiger charge is 2.29. The monoisotopic (exact) mass is 349 g/mol. The molecule has 1 aliphatic rings. The maximum absolute atomic E-state index is 13.1. The lowest BCUT2D eigenvalue weighted by Gasteiger charge is -2.35. The van der Waals surface area contributed by atoms with Crippen molar-refractivity contribution in [2.24, 2.45) is 0 Å². The van der Waals surface area contributed by atoms with Crippen LogP contribution in [0.1, 0.15) is 41.1 Å². The molecule has 1 amide bonds. The van der Waals surface area contributed by atoms with E-state index in [2.05, 4.69) is 28.1 Å². The van der Waals surface area contributed by atoms with Crippen LogP contribution in [0.3, 0.4) is 0 Å². The Bertz CT molecular complexity index is 948. The molecule has 6 nitrogen and oxygen atoms in total. The molecule has 0 spiro atoms. The second kappa shape index (κ2) is 6.86. The Morgan fingerprint density at radius 2 is 2.00 bits per heavy atom. The van der Waals surface area contributed by atoms with E-state index < -0.39 is 0 Å². The largest absolute Gasteiger partial charge is 0.332 e. The molecule has 6 heteroatoms. The molecule has 1 atom stereocenters. The standard InChI is InChI=1S/C20H23N5O/c1-14-11-15(2)25(23-14)13-16-7-5-6-10-24(16)20(26)19-12-21-17-8-3-4-9-18(17)22-19/h3-4,8-9,11-12,16H,5-7,10,13H2,1-2H3/t16-/m0/s1. The lowest BCUT2D eigenvalue weighted by molar-refractivity contribution is 0.0576. The van der Waals surface area contributed by atoms with E-state index in [1.807, 2.05) is 40.8 Å². The number of piperidine rings is 1. The fourth-order valence-corrected chi connectivity index (χ4v) is 3.72. The van der Waals surface area contributed by atoms with Crippen molar-refractivity contribution in [1.29, 1.82) is 0 Å². The Kier molecular flexibility index (Phi) is 4.41. The van der Waals surface area contributed by atoms with Gasteiger partial charge < -0.3 is 4.90 Å². The minimum Gasteiger partial charge on any atom is -0.332 e. The maximum atomic E-state index is 13.1. The predicted molar refractivity (Wildman–Crippen MR) is 99.9 cm³/mol. The number of rotatable bonds is 3. The smallest absolute Gasteiger partial charge is 0.274 e. The summed E-state index contributed by atoms with van der Waals surface area (Å²) in [4.78, 5) is 24.0. The Hall–Kier alpha value is -2.76. The third-order valence-electron chi connectivity index (χ3n) is 5.04. The van der Waals surface area contributed by atoms with Crippen molar-refractivity contribution >= 4 is 16.9 Å². The van der Waals surface area contributed by atoms with Gasteiger partial charge in [-0.1, -0.05) is 12.1 Å². The maximum Gasteiger partial charge on any atom is 0.274 e. The van der Waals surface area contributed by atoms with Gasteiger partial charge in [0.25, 0.3) is 5.91 Å². The number of para-hydroxylation sites is 2. The summed E-state index contributed by atoms with van der Waals surface area (Å²) in [6.45, 7) is 5.55. The summed E-state index contributed by atoms with van der Waals surface area (Å²) in [5.74, 6) is -0.0329. The molecule has 0 bridgehead atoms. The van der Waals surface area contributed by atoms with E-state index in [4.69, 9.17) is 0 Å². The quantitative estimate of drug-likeness (QED) is 0.729. The molecule has 3 aromatic rings. The minimum atomic E-state index is -0.0329.